The fraction of sp³-hybridized carbons (Fsp3) is 0. The molecule has 0 aromatic rings. The van der Waals surface area contributed by atoms with Gasteiger partial charge in [0.25, 0.3) is 0 Å². The van der Waals surface area contributed by atoms with Crippen LogP contribution in [0.5, 0.6) is 0 Å². The topological polar surface area (TPSA) is 29.4 Å². The van der Waals surface area contributed by atoms with Crippen molar-refractivity contribution in [2.45, 2.75) is 0 Å². The lowest BCUT2D eigenvalue weighted by Gasteiger charge is -1.19. The summed E-state index contributed by atoms with van der Waals surface area (Å²) in [6.07, 6.45) is 0. The molecule has 0 rings (SSSR count). The standard InChI is InChI=1S/FNO.FH/c1-2-3;/h;1H. The number of rotatable bonds is 0. The quantitative estimate of drug-likeness (QED) is 0.386. The summed E-state index contributed by atoms with van der Waals surface area (Å²) in [4.78, 5) is 7.89. The molecule has 0 saturated heterocycles. The summed E-state index contributed by atoms with van der Waals surface area (Å²) in [6, 6.07) is 0. The molecular formula is HF2NO. The minimum atomic E-state index is 0. The molecule has 0 aromatic carbocycles. The summed E-state index contributed by atoms with van der Waals surface area (Å²) >= 11 is 0. The van der Waals surface area contributed by atoms with Crippen LogP contribution in [0.3, 0.4) is 0 Å². The number of hydrogen-bond donors (Lipinski definition) is 0. The van der Waals surface area contributed by atoms with E-state index in [-0.39, 0.29) is 4.70 Å². The smallest absolute Gasteiger partial charge is 0.146 e. The fourth-order valence-corrected chi connectivity index (χ4v) is 0. The first-order valence-corrected chi connectivity index (χ1v) is 0.352. The van der Waals surface area contributed by atoms with E-state index < -0.39 is 0 Å². The molecule has 0 fully saturated rings. The van der Waals surface area contributed by atoms with Gasteiger partial charge in [0.05, 0.1) is 0 Å². The highest BCUT2D eigenvalue weighted by molar-refractivity contribution is 3.84. The second-order valence-electron chi connectivity index (χ2n) is 0.0690. The molecule has 0 spiro atoms. The maximum atomic E-state index is 9.36. The molecule has 2 nitrogen and oxygen atoms in total. The van der Waals surface area contributed by atoms with Crippen LogP contribution in [-0.4, -0.2) is 0 Å². The van der Waals surface area contributed by atoms with Crippen LogP contribution in [0.25, 0.3) is 0 Å². The average molecular weight is 69.0 g/mol. The number of nitroso groups, excluding NO2 is 1. The molecule has 0 bridgehead atoms. The van der Waals surface area contributed by atoms with Gasteiger partial charge in [-0.25, -0.2) is 0 Å². The van der Waals surface area contributed by atoms with Crippen molar-refractivity contribution < 1.29 is 9.19 Å². The minimum absolute atomic E-state index is 0. The van der Waals surface area contributed by atoms with Crippen molar-refractivity contribution in [1.82, 2.24) is 0 Å². The van der Waals surface area contributed by atoms with Crippen LogP contribution in [0.4, 0.5) is 9.19 Å². The van der Waals surface area contributed by atoms with Gasteiger partial charge in [-0.1, -0.05) is 0 Å². The summed E-state index contributed by atoms with van der Waals surface area (Å²) < 4.78 is 9.36. The zero-order valence-corrected chi connectivity index (χ0v) is 1.64. The van der Waals surface area contributed by atoms with Gasteiger partial charge < -0.3 is 0 Å². The van der Waals surface area contributed by atoms with Crippen LogP contribution in [0.2, 0.25) is 0 Å². The molecule has 0 aliphatic heterocycles. The zero-order chi connectivity index (χ0) is 2.71. The van der Waals surface area contributed by atoms with E-state index in [4.69, 9.17) is 4.91 Å². The SMILES string of the molecule is F.O=NF. The molecule has 0 unspecified atom stereocenters. The van der Waals surface area contributed by atoms with Gasteiger partial charge in [-0.15, -0.1) is 4.91 Å². The third kappa shape index (κ3) is 1.06. The zero-order valence-electron chi connectivity index (χ0n) is 1.64. The lowest BCUT2D eigenvalue weighted by molar-refractivity contribution is 0.528. The summed E-state index contributed by atoms with van der Waals surface area (Å²) in [6.45, 7) is 0. The molecule has 4 heavy (non-hydrogen) atoms. The fourth-order valence-electron chi connectivity index (χ4n) is 0. The maximum Gasteiger partial charge on any atom is 0.146 e. The highest BCUT2D eigenvalue weighted by atomic mass is 19.2. The molecule has 0 saturated carbocycles. The van der Waals surface area contributed by atoms with Crippen molar-refractivity contribution in [3.05, 3.63) is 4.91 Å². The first kappa shape index (κ1) is 9.82. The van der Waals surface area contributed by atoms with E-state index in [1.54, 1.807) is 0 Å². The summed E-state index contributed by atoms with van der Waals surface area (Å²) in [5.41, 5.74) is 0. The van der Waals surface area contributed by atoms with E-state index in [0.717, 1.165) is 5.40 Å². The largest absolute Gasteiger partial charge is 0.269 e. The van der Waals surface area contributed by atoms with Gasteiger partial charge in [0, 0.05) is 0 Å². The van der Waals surface area contributed by atoms with Gasteiger partial charge in [0.1, 0.15) is 5.40 Å². The molecule has 0 amide bonds. The van der Waals surface area contributed by atoms with E-state index in [0.29, 0.717) is 0 Å². The Hall–Kier alpha value is -0.540. The van der Waals surface area contributed by atoms with Crippen LogP contribution < -0.4 is 0 Å². The molecule has 0 atom stereocenters. The Morgan fingerprint density at radius 2 is 1.75 bits per heavy atom. The molecule has 0 radical (unpaired) electrons. The molecule has 0 aromatic heterocycles. The van der Waals surface area contributed by atoms with Crippen molar-refractivity contribution in [1.29, 1.82) is 0 Å². The monoisotopic (exact) mass is 69.0 g/mol. The van der Waals surface area contributed by atoms with E-state index in [2.05, 4.69) is 0 Å². The van der Waals surface area contributed by atoms with Crippen LogP contribution >= 0.6 is 0 Å². The average Bonchev–Trinajstić information content (AvgIpc) is 0.918. The van der Waals surface area contributed by atoms with Gasteiger partial charge in [0.2, 0.25) is 0 Å². The Morgan fingerprint density at radius 1 is 1.75 bits per heavy atom. The first-order valence-electron chi connectivity index (χ1n) is 0.352. The second-order valence-corrected chi connectivity index (χ2v) is 0.0690. The Morgan fingerprint density at radius 3 is 1.75 bits per heavy atom. The van der Waals surface area contributed by atoms with Crippen molar-refractivity contribution in [2.75, 3.05) is 0 Å². The lowest BCUT2D eigenvalue weighted by atomic mass is 13.6. The molecule has 0 N–H and O–H groups in total. The van der Waals surface area contributed by atoms with E-state index in [9.17, 15) is 4.48 Å². The number of nitrogens with zero attached hydrogens (tertiary/aromatic N) is 1. The predicted octanol–water partition coefficient (Wildman–Crippen LogP) is 0.790. The molecule has 0 aliphatic carbocycles. The third-order valence-electron chi connectivity index (χ3n) is 0. The predicted molar refractivity (Wildman–Crippen MR) is 9.41 cm³/mol. The van der Waals surface area contributed by atoms with Crippen molar-refractivity contribution in [3.63, 3.8) is 0 Å². The minimum Gasteiger partial charge on any atom is -0.269 e. The highest BCUT2D eigenvalue weighted by Crippen LogP contribution is 1.48. The molecule has 4 heteroatoms. The molecule has 0 aliphatic rings. The van der Waals surface area contributed by atoms with E-state index in [1.165, 1.54) is 0 Å². The van der Waals surface area contributed by atoms with Crippen LogP contribution in [0, 0.1) is 4.91 Å². The third-order valence-corrected chi connectivity index (χ3v) is 0. The normalized spacial score (nSPS) is 3.25. The van der Waals surface area contributed by atoms with Crippen molar-refractivity contribution in [3.8, 4) is 0 Å². The number of halogens is 2. The Bertz CT molecular complexity index is 13.5. The maximum absolute atomic E-state index is 9.36. The van der Waals surface area contributed by atoms with Crippen LogP contribution in [-0.2, 0) is 0 Å². The van der Waals surface area contributed by atoms with E-state index >= 15 is 0 Å². The van der Waals surface area contributed by atoms with Crippen molar-refractivity contribution >= 4 is 0 Å². The van der Waals surface area contributed by atoms with Gasteiger partial charge in [-0.05, 0) is 4.48 Å². The van der Waals surface area contributed by atoms with Crippen molar-refractivity contribution in [2.24, 2.45) is 5.40 Å². The van der Waals surface area contributed by atoms with E-state index in [1.807, 2.05) is 0 Å². The first-order chi connectivity index (χ1) is 1.41. The van der Waals surface area contributed by atoms with Crippen LogP contribution in [0.1, 0.15) is 0 Å². The van der Waals surface area contributed by atoms with Gasteiger partial charge in [-0.3, -0.25) is 4.70 Å². The van der Waals surface area contributed by atoms with Gasteiger partial charge >= 0.3 is 0 Å². The van der Waals surface area contributed by atoms with Gasteiger partial charge in [-0.2, -0.15) is 0 Å². The Labute approximate surface area is 20.9 Å². The second kappa shape index (κ2) is 24.8. The highest BCUT2D eigenvalue weighted by Gasteiger charge is 1.27. The molecular weight excluding hydrogens is 68.0 g/mol. The number of hydrogen-bond acceptors (Lipinski definition) is 2. The summed E-state index contributed by atoms with van der Waals surface area (Å²) in [5, 5.41) is 0.750. The lowest BCUT2D eigenvalue weighted by Crippen LogP contribution is -1.00. The molecule has 0 heterocycles. The Balaban J connectivity index is 0. The van der Waals surface area contributed by atoms with Gasteiger partial charge in [0.15, 0.2) is 0 Å². The molecule has 26 valence electrons. The summed E-state index contributed by atoms with van der Waals surface area (Å²) in [7, 11) is 0. The Kier molecular flexibility index (Phi) is 60.9. The summed E-state index contributed by atoms with van der Waals surface area (Å²) in [5.74, 6) is 0. The van der Waals surface area contributed by atoms with Crippen LogP contribution in [0.15, 0.2) is 5.40 Å².